The molecule has 0 aromatic carbocycles. The van der Waals surface area contributed by atoms with Crippen LogP contribution in [0.4, 0.5) is 13.2 Å². The van der Waals surface area contributed by atoms with Crippen LogP contribution < -0.4 is 0 Å². The van der Waals surface area contributed by atoms with Gasteiger partial charge in [-0.15, -0.1) is 0 Å². The van der Waals surface area contributed by atoms with Crippen LogP contribution in [0.1, 0.15) is 19.4 Å². The predicted octanol–water partition coefficient (Wildman–Crippen LogP) is 2.32. The molecule has 0 radical (unpaired) electrons. The minimum absolute atomic E-state index is 0.107. The zero-order valence-electron chi connectivity index (χ0n) is 16.5. The Morgan fingerprint density at radius 2 is 1.84 bits per heavy atom. The fraction of sp³-hybridized carbons (Fsp3) is 0.368. The minimum Gasteiger partial charge on any atom is -0.394 e. The largest absolute Gasteiger partial charge is 0.410 e. The van der Waals surface area contributed by atoms with E-state index >= 15 is 0 Å². The van der Waals surface area contributed by atoms with Crippen LogP contribution in [0.25, 0.3) is 28.0 Å². The predicted molar refractivity (Wildman–Crippen MR) is 104 cm³/mol. The van der Waals surface area contributed by atoms with Crippen LogP contribution >= 0.6 is 0 Å². The highest BCUT2D eigenvalue weighted by Gasteiger charge is 2.40. The Balaban J connectivity index is 1.74. The maximum Gasteiger partial charge on any atom is 0.410 e. The van der Waals surface area contributed by atoms with Crippen molar-refractivity contribution in [3.05, 3.63) is 43.2 Å². The molecule has 2 atom stereocenters. The third kappa shape index (κ3) is 4.16. The van der Waals surface area contributed by atoms with E-state index in [-0.39, 0.29) is 13.0 Å². The van der Waals surface area contributed by atoms with Crippen LogP contribution in [0.5, 0.6) is 0 Å². The average molecular weight is 435 g/mol. The van der Waals surface area contributed by atoms with Crippen LogP contribution in [0.3, 0.4) is 0 Å². The number of hydrogen-bond donors (Lipinski definition) is 2. The van der Waals surface area contributed by atoms with Gasteiger partial charge in [0.25, 0.3) is 0 Å². The molecule has 31 heavy (non-hydrogen) atoms. The second-order valence-corrected chi connectivity index (χ2v) is 7.10. The van der Waals surface area contributed by atoms with Crippen molar-refractivity contribution in [2.45, 2.75) is 38.2 Å². The number of aliphatic hydroxyl groups is 2. The lowest BCUT2D eigenvalue weighted by molar-refractivity contribution is -0.170. The van der Waals surface area contributed by atoms with Crippen LogP contribution in [0, 0.1) is 0 Å². The Kier molecular flexibility index (Phi) is 5.50. The van der Waals surface area contributed by atoms with E-state index in [1.54, 1.807) is 35.4 Å². The van der Waals surface area contributed by atoms with Gasteiger partial charge in [-0.05, 0) is 12.5 Å². The van der Waals surface area contributed by atoms with E-state index in [0.717, 1.165) is 4.68 Å². The Morgan fingerprint density at radius 3 is 2.55 bits per heavy atom. The zero-order chi connectivity index (χ0) is 22.2. The molecule has 9 nitrogen and oxygen atoms in total. The van der Waals surface area contributed by atoms with Gasteiger partial charge in [0.1, 0.15) is 6.04 Å². The third-order valence-electron chi connectivity index (χ3n) is 4.89. The van der Waals surface area contributed by atoms with Crippen LogP contribution in [0.15, 0.2) is 43.2 Å². The van der Waals surface area contributed by atoms with E-state index in [9.17, 15) is 18.3 Å². The number of hydrogen-bond acceptors (Lipinski definition) is 6. The second kappa shape index (κ2) is 8.12. The van der Waals surface area contributed by atoms with Gasteiger partial charge in [-0.25, -0.2) is 9.50 Å². The topological polar surface area (TPSA) is 106 Å². The number of aromatic nitrogens is 7. The molecule has 0 saturated heterocycles. The van der Waals surface area contributed by atoms with Crippen LogP contribution in [-0.4, -0.2) is 63.3 Å². The molecule has 12 heteroatoms. The van der Waals surface area contributed by atoms with Gasteiger partial charge >= 0.3 is 6.18 Å². The summed E-state index contributed by atoms with van der Waals surface area (Å²) in [4.78, 5) is 4.63. The molecule has 0 aliphatic heterocycles. The van der Waals surface area contributed by atoms with E-state index in [1.165, 1.54) is 24.0 Å². The van der Waals surface area contributed by atoms with Crippen molar-refractivity contribution in [2.24, 2.45) is 0 Å². The van der Waals surface area contributed by atoms with E-state index in [2.05, 4.69) is 20.3 Å². The molecule has 0 amide bonds. The zero-order valence-corrected chi connectivity index (χ0v) is 16.5. The van der Waals surface area contributed by atoms with Gasteiger partial charge in [0.05, 0.1) is 60.9 Å². The van der Waals surface area contributed by atoms with Crippen LogP contribution in [0.2, 0.25) is 0 Å². The highest BCUT2D eigenvalue weighted by molar-refractivity contribution is 5.78. The van der Waals surface area contributed by atoms with E-state index in [0.29, 0.717) is 28.0 Å². The standard InChI is InChI=1S/C19H20F3N7O2/c1-2-17(19(20,21)22)29-8-13(6-25-29)18-16-3-4-23-28(16)10-15(26-18)12-5-24-27(7-12)9-14(31)11-30/h3-8,10,14,17,30-31H,2,9,11H2,1H3/t14-,17+/m1/s1. The summed E-state index contributed by atoms with van der Waals surface area (Å²) in [5, 5.41) is 30.9. The number of alkyl halides is 3. The Bertz CT molecular complexity index is 1180. The normalized spacial score (nSPS) is 14.3. The lowest BCUT2D eigenvalue weighted by Crippen LogP contribution is -2.26. The summed E-state index contributed by atoms with van der Waals surface area (Å²) in [6, 6.07) is -0.00696. The first-order valence-electron chi connectivity index (χ1n) is 9.57. The van der Waals surface area contributed by atoms with Gasteiger partial charge in [-0.2, -0.15) is 28.5 Å². The highest BCUT2D eigenvalue weighted by Crippen LogP contribution is 2.34. The SMILES string of the molecule is CC[C@H](n1cc(-c2nc(-c3cnn(C[C@@H](O)CO)c3)cn3nccc23)cn1)C(F)(F)F. The van der Waals surface area contributed by atoms with Gasteiger partial charge in [-0.1, -0.05) is 6.92 Å². The number of halogens is 3. The lowest BCUT2D eigenvalue weighted by Gasteiger charge is -2.18. The summed E-state index contributed by atoms with van der Waals surface area (Å²) >= 11 is 0. The van der Waals surface area contributed by atoms with Gasteiger partial charge in [0.2, 0.25) is 0 Å². The molecule has 0 aliphatic carbocycles. The monoisotopic (exact) mass is 435 g/mol. The van der Waals surface area contributed by atoms with Gasteiger partial charge in [-0.3, -0.25) is 9.36 Å². The molecule has 4 heterocycles. The first kappa shape index (κ1) is 21.0. The molecule has 0 unspecified atom stereocenters. The molecular weight excluding hydrogens is 415 g/mol. The average Bonchev–Trinajstić information content (AvgIpc) is 3.47. The third-order valence-corrected chi connectivity index (χ3v) is 4.89. The molecule has 4 aromatic rings. The Labute approximate surface area is 174 Å². The summed E-state index contributed by atoms with van der Waals surface area (Å²) in [6.07, 6.45) is 3.64. The van der Waals surface area contributed by atoms with E-state index < -0.39 is 24.9 Å². The summed E-state index contributed by atoms with van der Waals surface area (Å²) in [5.41, 5.74) is 2.59. The van der Waals surface area contributed by atoms with Gasteiger partial charge in [0.15, 0.2) is 0 Å². The fourth-order valence-corrected chi connectivity index (χ4v) is 3.35. The summed E-state index contributed by atoms with van der Waals surface area (Å²) in [6.45, 7) is 1.17. The van der Waals surface area contributed by atoms with Gasteiger partial charge < -0.3 is 10.2 Å². The van der Waals surface area contributed by atoms with Gasteiger partial charge in [0, 0.05) is 23.5 Å². The molecule has 164 valence electrons. The van der Waals surface area contributed by atoms with Crippen molar-refractivity contribution in [3.8, 4) is 22.5 Å². The summed E-state index contributed by atoms with van der Waals surface area (Å²) in [7, 11) is 0. The second-order valence-electron chi connectivity index (χ2n) is 7.10. The van der Waals surface area contributed by atoms with Crippen molar-refractivity contribution < 1.29 is 23.4 Å². The molecular formula is C19H20F3N7O2. The first-order valence-corrected chi connectivity index (χ1v) is 9.57. The lowest BCUT2D eigenvalue weighted by atomic mass is 10.2. The summed E-state index contributed by atoms with van der Waals surface area (Å²) in [5.74, 6) is 0. The minimum atomic E-state index is -4.41. The van der Waals surface area contributed by atoms with Crippen molar-refractivity contribution in [1.82, 2.24) is 34.2 Å². The Morgan fingerprint density at radius 1 is 1.06 bits per heavy atom. The number of nitrogens with zero attached hydrogens (tertiary/aromatic N) is 7. The molecule has 0 aliphatic rings. The summed E-state index contributed by atoms with van der Waals surface area (Å²) < 4.78 is 43.8. The van der Waals surface area contributed by atoms with Crippen molar-refractivity contribution >= 4 is 5.52 Å². The number of aliphatic hydroxyl groups excluding tert-OH is 2. The molecule has 4 rings (SSSR count). The maximum absolute atomic E-state index is 13.3. The number of rotatable bonds is 7. The smallest absolute Gasteiger partial charge is 0.394 e. The fourth-order valence-electron chi connectivity index (χ4n) is 3.35. The molecule has 0 saturated carbocycles. The van der Waals surface area contributed by atoms with Crippen molar-refractivity contribution in [1.29, 1.82) is 0 Å². The molecule has 0 bridgehead atoms. The van der Waals surface area contributed by atoms with E-state index in [1.807, 2.05) is 0 Å². The first-order chi connectivity index (χ1) is 14.8. The molecule has 0 spiro atoms. The molecule has 4 aromatic heterocycles. The van der Waals surface area contributed by atoms with Crippen LogP contribution in [-0.2, 0) is 6.54 Å². The number of fused-ring (bicyclic) bond motifs is 1. The van der Waals surface area contributed by atoms with Crippen molar-refractivity contribution in [2.75, 3.05) is 6.61 Å². The molecule has 2 N–H and O–H groups in total. The van der Waals surface area contributed by atoms with Crippen molar-refractivity contribution in [3.63, 3.8) is 0 Å². The maximum atomic E-state index is 13.3. The van der Waals surface area contributed by atoms with E-state index in [4.69, 9.17) is 5.11 Å². The Hall–Kier alpha value is -3.25. The molecule has 0 fully saturated rings. The highest BCUT2D eigenvalue weighted by atomic mass is 19.4. The quantitative estimate of drug-likeness (QED) is 0.462.